The van der Waals surface area contributed by atoms with Crippen molar-refractivity contribution in [2.45, 2.75) is 79.4 Å². The molecule has 1 aliphatic rings. The minimum absolute atomic E-state index is 0.0531. The molecule has 178 valence electrons. The molecule has 0 aromatic carbocycles. The summed E-state index contributed by atoms with van der Waals surface area (Å²) in [6, 6.07) is 0. The fourth-order valence-electron chi connectivity index (χ4n) is 2.94. The Morgan fingerprint density at radius 3 is 2.43 bits per heavy atom. The third-order valence-corrected chi connectivity index (χ3v) is 10.1. The topological polar surface area (TPSA) is 57.2 Å². The predicted octanol–water partition coefficient (Wildman–Crippen LogP) is 5.26. The molecule has 0 bridgehead atoms. The zero-order valence-corrected chi connectivity index (χ0v) is 22.4. The number of rotatable bonds is 13. The third-order valence-electron chi connectivity index (χ3n) is 4.67. The molecule has 9 heteroatoms. The monoisotopic (exact) mass is 483 g/mol. The van der Waals surface area contributed by atoms with Crippen LogP contribution >= 0.6 is 17.1 Å². The Hall–Kier alpha value is 0.310. The maximum atomic E-state index is 12.6. The number of hydrogen-bond acceptors (Lipinski definition) is 8. The second kappa shape index (κ2) is 13.1. The third kappa shape index (κ3) is 11.8. The molecule has 1 aliphatic heterocycles. The number of esters is 1. The van der Waals surface area contributed by atoms with Crippen molar-refractivity contribution in [2.75, 3.05) is 45.2 Å². The van der Waals surface area contributed by atoms with Crippen LogP contribution in [0.3, 0.4) is 0 Å². The van der Waals surface area contributed by atoms with Crippen molar-refractivity contribution in [3.8, 4) is 0 Å². The molecule has 0 saturated carbocycles. The molecule has 30 heavy (non-hydrogen) atoms. The normalized spacial score (nSPS) is 19.3. The first-order valence-corrected chi connectivity index (χ1v) is 15.2. The first-order chi connectivity index (χ1) is 13.9. The van der Waals surface area contributed by atoms with Crippen LogP contribution in [-0.4, -0.2) is 67.8 Å². The summed E-state index contributed by atoms with van der Waals surface area (Å²) in [5.74, 6) is 0.402. The van der Waals surface area contributed by atoms with Crippen molar-refractivity contribution in [1.29, 1.82) is 0 Å². The summed E-state index contributed by atoms with van der Waals surface area (Å²) in [6.07, 6.45) is 2.80. The molecule has 1 rings (SSSR count). The van der Waals surface area contributed by atoms with Gasteiger partial charge in [-0.05, 0) is 72.7 Å². The van der Waals surface area contributed by atoms with E-state index in [0.717, 1.165) is 52.1 Å². The van der Waals surface area contributed by atoms with Gasteiger partial charge in [-0.3, -0.25) is 9.69 Å². The first kappa shape index (κ1) is 28.3. The Morgan fingerprint density at radius 1 is 1.23 bits per heavy atom. The van der Waals surface area contributed by atoms with Gasteiger partial charge in [0.2, 0.25) is 5.69 Å². The van der Waals surface area contributed by atoms with Crippen molar-refractivity contribution in [2.24, 2.45) is 5.41 Å². The Morgan fingerprint density at radius 2 is 1.87 bits per heavy atom. The van der Waals surface area contributed by atoms with Gasteiger partial charge in [-0.15, -0.1) is 0 Å². The lowest BCUT2D eigenvalue weighted by atomic mass is 9.89. The molecule has 0 spiro atoms. The maximum absolute atomic E-state index is 12.6. The van der Waals surface area contributed by atoms with E-state index in [0.29, 0.717) is 12.4 Å². The van der Waals surface area contributed by atoms with Crippen LogP contribution in [0.15, 0.2) is 0 Å². The molecule has 1 fully saturated rings. The Labute approximate surface area is 193 Å². The van der Waals surface area contributed by atoms with Gasteiger partial charge in [0.05, 0.1) is 30.3 Å². The zero-order chi connectivity index (χ0) is 22.8. The van der Waals surface area contributed by atoms with E-state index in [1.807, 2.05) is 41.5 Å². The standard InChI is InChI=1S/C21H42NO5PS2/c1-8-9-18(2)26-28(29,27-20(3,4)5)30-17-16-25-19(23)21(6,7)10-11-22-12-14-24-15-13-22/h18H,8-17H2,1-7H3. The highest BCUT2D eigenvalue weighted by atomic mass is 32.9. The van der Waals surface area contributed by atoms with Gasteiger partial charge in [-0.25, -0.2) is 0 Å². The minimum atomic E-state index is -2.52. The average molecular weight is 484 g/mol. The van der Waals surface area contributed by atoms with E-state index in [1.54, 1.807) is 0 Å². The minimum Gasteiger partial charge on any atom is -0.464 e. The van der Waals surface area contributed by atoms with Crippen molar-refractivity contribution in [1.82, 2.24) is 4.90 Å². The smallest absolute Gasteiger partial charge is 0.311 e. The Balaban J connectivity index is 2.47. The number of hydrogen-bond donors (Lipinski definition) is 0. The van der Waals surface area contributed by atoms with Crippen LogP contribution < -0.4 is 0 Å². The quantitative estimate of drug-likeness (QED) is 0.200. The zero-order valence-electron chi connectivity index (χ0n) is 19.9. The predicted molar refractivity (Wildman–Crippen MR) is 130 cm³/mol. The molecule has 2 atom stereocenters. The molecule has 1 saturated heterocycles. The number of carbonyl (C=O) groups excluding carboxylic acids is 1. The molecule has 0 aromatic rings. The van der Waals surface area contributed by atoms with Crippen LogP contribution in [0.1, 0.15) is 67.7 Å². The number of ether oxygens (including phenoxy) is 2. The van der Waals surface area contributed by atoms with E-state index in [9.17, 15) is 4.79 Å². The molecular formula is C21H42NO5PS2. The highest BCUT2D eigenvalue weighted by molar-refractivity contribution is 8.67. The largest absolute Gasteiger partial charge is 0.464 e. The number of carbonyl (C=O) groups is 1. The summed E-state index contributed by atoms with van der Waals surface area (Å²) in [7, 11) is 0. The van der Waals surface area contributed by atoms with Gasteiger partial charge in [0.15, 0.2) is 0 Å². The van der Waals surface area contributed by atoms with E-state index in [-0.39, 0.29) is 17.7 Å². The van der Waals surface area contributed by atoms with Gasteiger partial charge >= 0.3 is 5.97 Å². The molecule has 0 radical (unpaired) electrons. The van der Waals surface area contributed by atoms with Gasteiger partial charge in [-0.2, -0.15) is 0 Å². The van der Waals surface area contributed by atoms with E-state index in [4.69, 9.17) is 30.3 Å². The summed E-state index contributed by atoms with van der Waals surface area (Å²) in [5, 5.41) is 0. The summed E-state index contributed by atoms with van der Waals surface area (Å²) in [4.78, 5) is 14.9. The molecule has 2 unspecified atom stereocenters. The molecule has 0 N–H and O–H groups in total. The molecule has 1 heterocycles. The number of nitrogens with zero attached hydrogens (tertiary/aromatic N) is 1. The van der Waals surface area contributed by atoms with Gasteiger partial charge in [0, 0.05) is 18.8 Å². The Bertz CT molecular complexity index is 562. The lowest BCUT2D eigenvalue weighted by Crippen LogP contribution is -2.39. The average Bonchev–Trinajstić information content (AvgIpc) is 2.63. The highest BCUT2D eigenvalue weighted by Gasteiger charge is 2.32. The number of morpholine rings is 1. The SMILES string of the molecule is CCCC(C)OP(=S)(OC(C)(C)C)SCCOC(=O)C(C)(C)CCN1CCOCC1. The second-order valence-electron chi connectivity index (χ2n) is 9.41. The summed E-state index contributed by atoms with van der Waals surface area (Å²) in [5.41, 5.74) is -3.42. The Kier molecular flexibility index (Phi) is 12.4. The van der Waals surface area contributed by atoms with E-state index in [2.05, 4.69) is 11.8 Å². The highest BCUT2D eigenvalue weighted by Crippen LogP contribution is 2.64. The maximum Gasteiger partial charge on any atom is 0.311 e. The van der Waals surface area contributed by atoms with Crippen molar-refractivity contribution in [3.63, 3.8) is 0 Å². The summed E-state index contributed by atoms with van der Waals surface area (Å²) < 4.78 is 23.2. The van der Waals surface area contributed by atoms with Gasteiger partial charge in [-0.1, -0.05) is 24.7 Å². The van der Waals surface area contributed by atoms with Crippen LogP contribution in [0.2, 0.25) is 0 Å². The van der Waals surface area contributed by atoms with Crippen LogP contribution in [0, 0.1) is 5.41 Å². The van der Waals surface area contributed by atoms with Crippen LogP contribution in [-0.2, 0) is 35.1 Å². The molecular weight excluding hydrogens is 441 g/mol. The summed E-state index contributed by atoms with van der Waals surface area (Å²) in [6.45, 7) is 18.6. The first-order valence-electron chi connectivity index (χ1n) is 11.0. The molecule has 0 aromatic heterocycles. The molecule has 0 amide bonds. The van der Waals surface area contributed by atoms with Crippen LogP contribution in [0.4, 0.5) is 0 Å². The van der Waals surface area contributed by atoms with Gasteiger partial charge in [0.1, 0.15) is 6.61 Å². The van der Waals surface area contributed by atoms with Crippen molar-refractivity contribution >= 4 is 34.9 Å². The fraction of sp³-hybridized carbons (Fsp3) is 0.952. The van der Waals surface area contributed by atoms with Crippen LogP contribution in [0.25, 0.3) is 0 Å². The van der Waals surface area contributed by atoms with E-state index in [1.165, 1.54) is 11.4 Å². The molecule has 0 aliphatic carbocycles. The second-order valence-corrected chi connectivity index (χ2v) is 15.7. The fourth-order valence-corrected chi connectivity index (χ4v) is 8.82. The van der Waals surface area contributed by atoms with Crippen molar-refractivity contribution in [3.05, 3.63) is 0 Å². The molecule has 6 nitrogen and oxygen atoms in total. The van der Waals surface area contributed by atoms with Gasteiger partial charge in [0.25, 0.3) is 0 Å². The van der Waals surface area contributed by atoms with E-state index >= 15 is 0 Å². The summed E-state index contributed by atoms with van der Waals surface area (Å²) >= 11 is 7.26. The van der Waals surface area contributed by atoms with Crippen LogP contribution in [0.5, 0.6) is 0 Å². The van der Waals surface area contributed by atoms with E-state index < -0.39 is 11.1 Å². The van der Waals surface area contributed by atoms with Gasteiger partial charge < -0.3 is 18.5 Å². The lowest BCUT2D eigenvalue weighted by Gasteiger charge is -2.32. The van der Waals surface area contributed by atoms with Crippen molar-refractivity contribution < 1.29 is 23.3 Å². The lowest BCUT2D eigenvalue weighted by molar-refractivity contribution is -0.153.